The molecule has 2 heteroatoms. The molecule has 0 N–H and O–H groups in total. The van der Waals surface area contributed by atoms with Crippen LogP contribution in [0.4, 0.5) is 0 Å². The molecule has 0 saturated carbocycles. The quantitative estimate of drug-likeness (QED) is 0.724. The number of allylic oxidation sites excluding steroid dienone is 2. The summed E-state index contributed by atoms with van der Waals surface area (Å²) in [5.41, 5.74) is 2.35. The summed E-state index contributed by atoms with van der Waals surface area (Å²) in [6.45, 7) is 0. The Morgan fingerprint density at radius 3 is 1.28 bits per heavy atom. The lowest BCUT2D eigenvalue weighted by molar-refractivity contribution is 1.16. The van der Waals surface area contributed by atoms with E-state index >= 15 is 0 Å². The van der Waals surface area contributed by atoms with Crippen molar-refractivity contribution < 1.29 is 0 Å². The van der Waals surface area contributed by atoms with Crippen LogP contribution in [0.3, 0.4) is 0 Å². The van der Waals surface area contributed by atoms with E-state index in [0.29, 0.717) is 22.9 Å². The van der Waals surface area contributed by atoms with Gasteiger partial charge < -0.3 is 0 Å². The van der Waals surface area contributed by atoms with Crippen LogP contribution in [0.1, 0.15) is 11.1 Å². The number of benzene rings is 2. The smallest absolute Gasteiger partial charge is 0.0373 e. The van der Waals surface area contributed by atoms with E-state index < -0.39 is 0 Å². The highest BCUT2D eigenvalue weighted by molar-refractivity contribution is 6.39. The molecule has 0 bridgehead atoms. The van der Waals surface area contributed by atoms with E-state index in [4.69, 9.17) is 23.2 Å². The molecule has 0 aromatic heterocycles. The molecule has 2 rings (SSSR count). The van der Waals surface area contributed by atoms with Crippen molar-refractivity contribution in [2.24, 2.45) is 0 Å². The van der Waals surface area contributed by atoms with Crippen LogP contribution in [0.2, 0.25) is 0 Å². The third-order valence-electron chi connectivity index (χ3n) is 2.70. The molecule has 2 aromatic carbocycles. The molecular weight excluding hydrogens is 263 g/mol. The monoisotopic (exact) mass is 276 g/mol. The summed E-state index contributed by atoms with van der Waals surface area (Å²) in [6, 6.07) is 20.2. The second-order valence-corrected chi connectivity index (χ2v) is 5.05. The molecule has 0 aliphatic heterocycles. The summed E-state index contributed by atoms with van der Waals surface area (Å²) >= 11 is 12.5. The van der Waals surface area contributed by atoms with Crippen LogP contribution in [-0.2, 0) is 12.8 Å². The van der Waals surface area contributed by atoms with Gasteiger partial charge in [0, 0.05) is 22.9 Å². The summed E-state index contributed by atoms with van der Waals surface area (Å²) in [6.07, 6.45) is 1.38. The topological polar surface area (TPSA) is 0 Å². The Morgan fingerprint density at radius 1 is 0.611 bits per heavy atom. The average Bonchev–Trinajstić information content (AvgIpc) is 2.41. The maximum absolute atomic E-state index is 6.26. The second kappa shape index (κ2) is 6.63. The van der Waals surface area contributed by atoms with Gasteiger partial charge in [-0.05, 0) is 11.1 Å². The summed E-state index contributed by atoms with van der Waals surface area (Å²) in [4.78, 5) is 0. The van der Waals surface area contributed by atoms with Crippen molar-refractivity contribution in [3.63, 3.8) is 0 Å². The second-order valence-electron chi connectivity index (χ2n) is 4.13. The first kappa shape index (κ1) is 13.2. The first-order chi connectivity index (χ1) is 8.75. The van der Waals surface area contributed by atoms with Crippen LogP contribution in [0.5, 0.6) is 0 Å². The lowest BCUT2D eigenvalue weighted by atomic mass is 10.1. The normalized spacial score (nSPS) is 12.1. The van der Waals surface area contributed by atoms with E-state index in [1.54, 1.807) is 0 Å². The molecule has 0 spiro atoms. The molecule has 0 aliphatic rings. The molecule has 0 radical (unpaired) electrons. The zero-order valence-corrected chi connectivity index (χ0v) is 11.5. The van der Waals surface area contributed by atoms with E-state index in [1.807, 2.05) is 36.4 Å². The van der Waals surface area contributed by atoms with Crippen molar-refractivity contribution in [1.82, 2.24) is 0 Å². The molecule has 0 nitrogen and oxygen atoms in total. The lowest BCUT2D eigenvalue weighted by Crippen LogP contribution is -1.91. The zero-order chi connectivity index (χ0) is 12.8. The highest BCUT2D eigenvalue weighted by atomic mass is 35.5. The fourth-order valence-electron chi connectivity index (χ4n) is 1.74. The fourth-order valence-corrected chi connectivity index (χ4v) is 2.18. The Hall–Kier alpha value is -1.24. The summed E-state index contributed by atoms with van der Waals surface area (Å²) in [5, 5.41) is 1.43. The minimum absolute atomic E-state index is 0.689. The van der Waals surface area contributed by atoms with Gasteiger partial charge in [-0.3, -0.25) is 0 Å². The summed E-state index contributed by atoms with van der Waals surface area (Å²) in [5.74, 6) is 0. The number of hydrogen-bond acceptors (Lipinski definition) is 0. The number of halogens is 2. The first-order valence-corrected chi connectivity index (χ1v) is 6.62. The van der Waals surface area contributed by atoms with Gasteiger partial charge in [0.05, 0.1) is 0 Å². The third kappa shape index (κ3) is 3.90. The average molecular weight is 277 g/mol. The minimum Gasteiger partial charge on any atom is -0.0875 e. The molecule has 18 heavy (non-hydrogen) atoms. The van der Waals surface area contributed by atoms with E-state index in [-0.39, 0.29) is 0 Å². The van der Waals surface area contributed by atoms with Gasteiger partial charge in [-0.25, -0.2) is 0 Å². The predicted molar refractivity (Wildman–Crippen MR) is 79.0 cm³/mol. The Morgan fingerprint density at radius 2 is 0.944 bits per heavy atom. The van der Waals surface area contributed by atoms with Gasteiger partial charge in [-0.15, -0.1) is 0 Å². The SMILES string of the molecule is ClC(Cc1ccccc1)=C(Cl)Cc1ccccc1. The van der Waals surface area contributed by atoms with Gasteiger partial charge in [-0.2, -0.15) is 0 Å². The van der Waals surface area contributed by atoms with Crippen LogP contribution >= 0.6 is 23.2 Å². The zero-order valence-electron chi connectivity index (χ0n) is 9.94. The van der Waals surface area contributed by atoms with E-state index in [0.717, 1.165) is 0 Å². The van der Waals surface area contributed by atoms with Crippen LogP contribution in [0.25, 0.3) is 0 Å². The largest absolute Gasteiger partial charge is 0.0875 e. The minimum atomic E-state index is 0.689. The van der Waals surface area contributed by atoms with Gasteiger partial charge in [0.25, 0.3) is 0 Å². The van der Waals surface area contributed by atoms with Crippen molar-refractivity contribution in [2.75, 3.05) is 0 Å². The van der Waals surface area contributed by atoms with Gasteiger partial charge >= 0.3 is 0 Å². The molecule has 0 atom stereocenters. The van der Waals surface area contributed by atoms with Gasteiger partial charge in [-0.1, -0.05) is 83.9 Å². The van der Waals surface area contributed by atoms with E-state index in [9.17, 15) is 0 Å². The van der Waals surface area contributed by atoms with Crippen LogP contribution in [0.15, 0.2) is 70.7 Å². The molecule has 2 aromatic rings. The molecule has 0 saturated heterocycles. The molecule has 0 aliphatic carbocycles. The highest BCUT2D eigenvalue weighted by Gasteiger charge is 2.04. The van der Waals surface area contributed by atoms with Crippen LogP contribution in [-0.4, -0.2) is 0 Å². The van der Waals surface area contributed by atoms with Gasteiger partial charge in [0.1, 0.15) is 0 Å². The maximum atomic E-state index is 6.26. The van der Waals surface area contributed by atoms with Crippen molar-refractivity contribution in [2.45, 2.75) is 12.8 Å². The van der Waals surface area contributed by atoms with E-state index in [1.165, 1.54) is 11.1 Å². The number of hydrogen-bond donors (Lipinski definition) is 0. The molecular formula is C16H14Cl2. The fraction of sp³-hybridized carbons (Fsp3) is 0.125. The molecule has 0 amide bonds. The van der Waals surface area contributed by atoms with Crippen molar-refractivity contribution in [1.29, 1.82) is 0 Å². The standard InChI is InChI=1S/C16H14Cl2/c17-15(11-13-7-3-1-4-8-13)16(18)12-14-9-5-2-6-10-14/h1-10H,11-12H2. The van der Waals surface area contributed by atoms with Crippen LogP contribution in [0, 0.1) is 0 Å². The third-order valence-corrected chi connectivity index (χ3v) is 3.52. The Bertz CT molecular complexity index is 466. The number of rotatable bonds is 4. The van der Waals surface area contributed by atoms with Crippen molar-refractivity contribution in [3.05, 3.63) is 81.9 Å². The molecule has 92 valence electrons. The molecule has 0 heterocycles. The lowest BCUT2D eigenvalue weighted by Gasteiger charge is -2.05. The Labute approximate surface area is 118 Å². The Balaban J connectivity index is 2.06. The summed E-state index contributed by atoms with van der Waals surface area (Å²) < 4.78 is 0. The Kier molecular flexibility index (Phi) is 4.86. The van der Waals surface area contributed by atoms with E-state index in [2.05, 4.69) is 24.3 Å². The summed E-state index contributed by atoms with van der Waals surface area (Å²) in [7, 11) is 0. The molecule has 0 fully saturated rings. The maximum Gasteiger partial charge on any atom is 0.0373 e. The van der Waals surface area contributed by atoms with Gasteiger partial charge in [0.15, 0.2) is 0 Å². The predicted octanol–water partition coefficient (Wildman–Crippen LogP) is 5.16. The highest BCUT2D eigenvalue weighted by Crippen LogP contribution is 2.22. The first-order valence-electron chi connectivity index (χ1n) is 5.86. The molecule has 0 unspecified atom stereocenters. The van der Waals surface area contributed by atoms with Crippen molar-refractivity contribution >= 4 is 23.2 Å². The van der Waals surface area contributed by atoms with Gasteiger partial charge in [0.2, 0.25) is 0 Å². The van der Waals surface area contributed by atoms with Crippen LogP contribution < -0.4 is 0 Å². The van der Waals surface area contributed by atoms with Crippen molar-refractivity contribution in [3.8, 4) is 0 Å².